The first-order valence-corrected chi connectivity index (χ1v) is 6.36. The Morgan fingerprint density at radius 3 is 3.17 bits per heavy atom. The van der Waals surface area contributed by atoms with Gasteiger partial charge in [-0.25, -0.2) is 4.98 Å². The van der Waals surface area contributed by atoms with Gasteiger partial charge in [0.25, 0.3) is 0 Å². The molecule has 0 aliphatic carbocycles. The molecule has 0 radical (unpaired) electrons. The Labute approximate surface area is 106 Å². The van der Waals surface area contributed by atoms with Crippen molar-refractivity contribution in [2.24, 2.45) is 5.92 Å². The largest absolute Gasteiger partial charge is 0.309 e. The van der Waals surface area contributed by atoms with Crippen molar-refractivity contribution in [3.8, 4) is 0 Å². The Morgan fingerprint density at radius 2 is 2.44 bits per heavy atom. The van der Waals surface area contributed by atoms with Crippen LogP contribution in [-0.2, 0) is 4.79 Å². The van der Waals surface area contributed by atoms with Crippen LogP contribution in [0.2, 0.25) is 0 Å². The minimum Gasteiger partial charge on any atom is -0.309 e. The van der Waals surface area contributed by atoms with Crippen molar-refractivity contribution in [3.05, 3.63) is 24.1 Å². The number of halogens is 1. The van der Waals surface area contributed by atoms with Gasteiger partial charge in [-0.3, -0.25) is 4.79 Å². The van der Waals surface area contributed by atoms with E-state index in [9.17, 15) is 9.18 Å². The molecular formula is C13H18FN3O. The van der Waals surface area contributed by atoms with Gasteiger partial charge in [-0.1, -0.05) is 19.4 Å². The number of rotatable bonds is 3. The van der Waals surface area contributed by atoms with Gasteiger partial charge in [0, 0.05) is 0 Å². The third-order valence-electron chi connectivity index (χ3n) is 3.37. The van der Waals surface area contributed by atoms with Crippen molar-refractivity contribution in [3.63, 3.8) is 0 Å². The highest BCUT2D eigenvalue weighted by Gasteiger charge is 2.26. The number of pyridine rings is 1. The van der Waals surface area contributed by atoms with Gasteiger partial charge < -0.3 is 10.6 Å². The van der Waals surface area contributed by atoms with Gasteiger partial charge in [-0.2, -0.15) is 4.39 Å². The molecular weight excluding hydrogens is 233 g/mol. The van der Waals surface area contributed by atoms with Gasteiger partial charge in [0.2, 0.25) is 11.9 Å². The van der Waals surface area contributed by atoms with Crippen LogP contribution in [0.3, 0.4) is 0 Å². The Hall–Kier alpha value is -1.49. The number of anilines is 1. The van der Waals surface area contributed by atoms with Crippen molar-refractivity contribution in [2.45, 2.75) is 32.2 Å². The molecule has 1 aromatic rings. The van der Waals surface area contributed by atoms with E-state index in [1.165, 1.54) is 12.1 Å². The molecule has 1 amide bonds. The molecule has 98 valence electrons. The number of hydrogen-bond donors (Lipinski definition) is 2. The second-order valence-electron chi connectivity index (χ2n) is 4.64. The molecule has 2 heterocycles. The van der Waals surface area contributed by atoms with Gasteiger partial charge in [0.05, 0.1) is 6.04 Å². The van der Waals surface area contributed by atoms with Gasteiger partial charge in [-0.15, -0.1) is 0 Å². The molecule has 1 fully saturated rings. The van der Waals surface area contributed by atoms with Gasteiger partial charge in [0.1, 0.15) is 5.82 Å². The first kappa shape index (κ1) is 13.0. The molecule has 1 aromatic heterocycles. The van der Waals surface area contributed by atoms with Crippen molar-refractivity contribution in [2.75, 3.05) is 11.9 Å². The highest BCUT2D eigenvalue weighted by atomic mass is 19.1. The standard InChI is InChI=1S/C13H18FN3O/c1-2-9-6-7-15-10(8-9)13(18)17-12-5-3-4-11(14)16-12/h3-5,9-10,15H,2,6-8H2,1H3,(H,16,17,18). The lowest BCUT2D eigenvalue weighted by atomic mass is 9.90. The summed E-state index contributed by atoms with van der Waals surface area (Å²) in [5.41, 5.74) is 0. The Balaban J connectivity index is 1.95. The first-order chi connectivity index (χ1) is 8.69. The number of carbonyl (C=O) groups is 1. The molecule has 1 saturated heterocycles. The third-order valence-corrected chi connectivity index (χ3v) is 3.37. The molecule has 2 unspecified atom stereocenters. The zero-order valence-corrected chi connectivity index (χ0v) is 10.4. The molecule has 0 saturated carbocycles. The number of amides is 1. The summed E-state index contributed by atoms with van der Waals surface area (Å²) in [6, 6.07) is 4.16. The van der Waals surface area contributed by atoms with Crippen LogP contribution in [0.5, 0.6) is 0 Å². The fourth-order valence-corrected chi connectivity index (χ4v) is 2.26. The lowest BCUT2D eigenvalue weighted by Gasteiger charge is -2.28. The minimum atomic E-state index is -0.587. The van der Waals surface area contributed by atoms with Gasteiger partial charge >= 0.3 is 0 Å². The Bertz CT molecular complexity index is 424. The number of aromatic nitrogens is 1. The maximum Gasteiger partial charge on any atom is 0.242 e. The van der Waals surface area contributed by atoms with Gasteiger partial charge in [0.15, 0.2) is 0 Å². The molecule has 18 heavy (non-hydrogen) atoms. The second kappa shape index (κ2) is 5.91. The van der Waals surface area contributed by atoms with E-state index in [1.807, 2.05) is 0 Å². The number of piperidine rings is 1. The average molecular weight is 251 g/mol. The van der Waals surface area contributed by atoms with E-state index in [1.54, 1.807) is 6.07 Å². The predicted octanol–water partition coefficient (Wildman–Crippen LogP) is 1.94. The van der Waals surface area contributed by atoms with E-state index >= 15 is 0 Å². The normalized spacial score (nSPS) is 23.7. The fraction of sp³-hybridized carbons (Fsp3) is 0.538. The van der Waals surface area contributed by atoms with Crippen molar-refractivity contribution in [1.82, 2.24) is 10.3 Å². The predicted molar refractivity (Wildman–Crippen MR) is 67.6 cm³/mol. The van der Waals surface area contributed by atoms with Crippen molar-refractivity contribution in [1.29, 1.82) is 0 Å². The molecule has 2 N–H and O–H groups in total. The van der Waals surface area contributed by atoms with E-state index in [2.05, 4.69) is 22.5 Å². The van der Waals surface area contributed by atoms with Crippen LogP contribution in [0.1, 0.15) is 26.2 Å². The summed E-state index contributed by atoms with van der Waals surface area (Å²) in [6.45, 7) is 2.99. The molecule has 1 aliphatic heterocycles. The molecule has 2 atom stereocenters. The van der Waals surface area contributed by atoms with E-state index < -0.39 is 5.95 Å². The van der Waals surface area contributed by atoms with E-state index in [4.69, 9.17) is 0 Å². The summed E-state index contributed by atoms with van der Waals surface area (Å²) in [5.74, 6) is 0.130. The van der Waals surface area contributed by atoms with Crippen LogP contribution in [-0.4, -0.2) is 23.5 Å². The second-order valence-corrected chi connectivity index (χ2v) is 4.64. The maximum absolute atomic E-state index is 12.9. The number of carbonyl (C=O) groups excluding carboxylic acids is 1. The molecule has 0 spiro atoms. The monoisotopic (exact) mass is 251 g/mol. The number of nitrogens with one attached hydrogen (secondary N) is 2. The highest BCUT2D eigenvalue weighted by Crippen LogP contribution is 2.20. The number of hydrogen-bond acceptors (Lipinski definition) is 3. The molecule has 0 aromatic carbocycles. The summed E-state index contributed by atoms with van der Waals surface area (Å²) in [7, 11) is 0. The van der Waals surface area contributed by atoms with Gasteiger partial charge in [-0.05, 0) is 37.4 Å². The van der Waals surface area contributed by atoms with E-state index in [0.29, 0.717) is 5.92 Å². The summed E-state index contributed by atoms with van der Waals surface area (Å²) in [4.78, 5) is 15.6. The maximum atomic E-state index is 12.9. The molecule has 2 rings (SSSR count). The summed E-state index contributed by atoms with van der Waals surface area (Å²) >= 11 is 0. The Morgan fingerprint density at radius 1 is 1.61 bits per heavy atom. The first-order valence-electron chi connectivity index (χ1n) is 6.36. The highest BCUT2D eigenvalue weighted by molar-refractivity contribution is 5.94. The molecule has 0 bridgehead atoms. The van der Waals surface area contributed by atoms with Crippen molar-refractivity contribution < 1.29 is 9.18 Å². The van der Waals surface area contributed by atoms with Crippen LogP contribution in [0.15, 0.2) is 18.2 Å². The van der Waals surface area contributed by atoms with Crippen LogP contribution in [0, 0.1) is 11.9 Å². The summed E-state index contributed by atoms with van der Waals surface area (Å²) in [6.07, 6.45) is 3.03. The third kappa shape index (κ3) is 3.26. The van der Waals surface area contributed by atoms with E-state index in [-0.39, 0.29) is 17.8 Å². The zero-order valence-electron chi connectivity index (χ0n) is 10.4. The Kier molecular flexibility index (Phi) is 4.25. The average Bonchev–Trinajstić information content (AvgIpc) is 2.39. The number of nitrogens with zero attached hydrogens (tertiary/aromatic N) is 1. The zero-order chi connectivity index (χ0) is 13.0. The SMILES string of the molecule is CCC1CCNC(C(=O)Nc2cccc(F)n2)C1. The minimum absolute atomic E-state index is 0.133. The van der Waals surface area contributed by atoms with Crippen LogP contribution in [0.25, 0.3) is 0 Å². The quantitative estimate of drug-likeness (QED) is 0.807. The molecule has 5 heteroatoms. The summed E-state index contributed by atoms with van der Waals surface area (Å²) < 4.78 is 12.9. The smallest absolute Gasteiger partial charge is 0.242 e. The van der Waals surface area contributed by atoms with Crippen LogP contribution < -0.4 is 10.6 Å². The fourth-order valence-electron chi connectivity index (χ4n) is 2.26. The topological polar surface area (TPSA) is 54.0 Å². The van der Waals surface area contributed by atoms with E-state index in [0.717, 1.165) is 25.8 Å². The van der Waals surface area contributed by atoms with Crippen LogP contribution in [0.4, 0.5) is 10.2 Å². The molecule has 1 aliphatic rings. The lowest BCUT2D eigenvalue weighted by molar-refractivity contribution is -0.119. The van der Waals surface area contributed by atoms with Crippen LogP contribution >= 0.6 is 0 Å². The lowest BCUT2D eigenvalue weighted by Crippen LogP contribution is -2.46. The van der Waals surface area contributed by atoms with Crippen molar-refractivity contribution >= 4 is 11.7 Å². The molecule has 4 nitrogen and oxygen atoms in total. The summed E-state index contributed by atoms with van der Waals surface area (Å²) in [5, 5.41) is 5.83.